The molecule has 0 saturated heterocycles. The van der Waals surface area contributed by atoms with E-state index in [-0.39, 0.29) is 0 Å². The Kier molecular flexibility index (Phi) is 3.41. The van der Waals surface area contributed by atoms with Crippen LogP contribution in [0.2, 0.25) is 0 Å². The van der Waals surface area contributed by atoms with E-state index in [1.807, 2.05) is 17.8 Å². The van der Waals surface area contributed by atoms with Gasteiger partial charge in [0, 0.05) is 27.8 Å². The lowest BCUT2D eigenvalue weighted by atomic mass is 10.2. The fourth-order valence-electron chi connectivity index (χ4n) is 2.22. The van der Waals surface area contributed by atoms with E-state index in [9.17, 15) is 0 Å². The number of fused-ring (bicyclic) bond motifs is 1. The van der Waals surface area contributed by atoms with Gasteiger partial charge >= 0.3 is 0 Å². The molecule has 1 aliphatic heterocycles. The van der Waals surface area contributed by atoms with Crippen molar-refractivity contribution in [3.05, 3.63) is 33.8 Å². The Balaban J connectivity index is 1.89. The van der Waals surface area contributed by atoms with Gasteiger partial charge in [-0.25, -0.2) is 4.98 Å². The molecule has 100 valence electrons. The normalized spacial score (nSPS) is 14.5. The van der Waals surface area contributed by atoms with Gasteiger partial charge in [0.2, 0.25) is 0 Å². The fraction of sp³-hybridized carbons (Fsp3) is 0.357. The van der Waals surface area contributed by atoms with Gasteiger partial charge in [-0.15, -0.1) is 23.1 Å². The number of nitrogens with two attached hydrogens (primary N) is 1. The molecule has 0 amide bonds. The Morgan fingerprint density at radius 1 is 1.37 bits per heavy atom. The largest absolute Gasteiger partial charge is 0.399 e. The number of anilines is 2. The van der Waals surface area contributed by atoms with Crippen molar-refractivity contribution < 1.29 is 0 Å². The van der Waals surface area contributed by atoms with Crippen molar-refractivity contribution >= 4 is 34.5 Å². The molecule has 2 heterocycles. The van der Waals surface area contributed by atoms with Gasteiger partial charge in [-0.2, -0.15) is 0 Å². The second-order valence-corrected chi connectivity index (χ2v) is 7.17. The fourth-order valence-corrected chi connectivity index (χ4v) is 4.21. The molecule has 0 unspecified atom stereocenters. The molecular weight excluding hydrogens is 274 g/mol. The number of thioether (sulfide) groups is 1. The Hall–Kier alpha value is -1.20. The maximum absolute atomic E-state index is 5.92. The van der Waals surface area contributed by atoms with Gasteiger partial charge in [-0.05, 0) is 32.0 Å². The SMILES string of the molecule is Cc1nc(CN2CCSc3ccc(N)cc32)sc1C. The number of hydrogen-bond donors (Lipinski definition) is 1. The summed E-state index contributed by atoms with van der Waals surface area (Å²) in [5.74, 6) is 1.13. The van der Waals surface area contributed by atoms with E-state index in [4.69, 9.17) is 5.73 Å². The molecule has 0 fully saturated rings. The van der Waals surface area contributed by atoms with Crippen molar-refractivity contribution in [2.75, 3.05) is 22.9 Å². The van der Waals surface area contributed by atoms with Crippen LogP contribution in [0.15, 0.2) is 23.1 Å². The van der Waals surface area contributed by atoms with E-state index in [0.717, 1.165) is 30.2 Å². The van der Waals surface area contributed by atoms with Gasteiger partial charge in [0.1, 0.15) is 5.01 Å². The molecule has 2 aromatic rings. The Morgan fingerprint density at radius 2 is 2.21 bits per heavy atom. The van der Waals surface area contributed by atoms with E-state index in [0.29, 0.717) is 0 Å². The summed E-state index contributed by atoms with van der Waals surface area (Å²) in [7, 11) is 0. The van der Waals surface area contributed by atoms with E-state index in [2.05, 4.69) is 35.9 Å². The summed E-state index contributed by atoms with van der Waals surface area (Å²) in [6.07, 6.45) is 0. The lowest BCUT2D eigenvalue weighted by Crippen LogP contribution is -2.28. The average molecular weight is 291 g/mol. The number of nitrogen functional groups attached to an aromatic ring is 1. The molecule has 0 bridgehead atoms. The minimum absolute atomic E-state index is 0.831. The van der Waals surface area contributed by atoms with Crippen molar-refractivity contribution in [1.82, 2.24) is 4.98 Å². The summed E-state index contributed by atoms with van der Waals surface area (Å²) >= 11 is 3.70. The number of benzene rings is 1. The summed E-state index contributed by atoms with van der Waals surface area (Å²) in [6.45, 7) is 6.15. The van der Waals surface area contributed by atoms with Crippen LogP contribution in [0.3, 0.4) is 0 Å². The minimum atomic E-state index is 0.831. The molecule has 1 aromatic heterocycles. The highest BCUT2D eigenvalue weighted by molar-refractivity contribution is 7.99. The van der Waals surface area contributed by atoms with E-state index < -0.39 is 0 Å². The van der Waals surface area contributed by atoms with Crippen LogP contribution < -0.4 is 10.6 Å². The number of thiazole rings is 1. The van der Waals surface area contributed by atoms with Crippen LogP contribution in [0.25, 0.3) is 0 Å². The van der Waals surface area contributed by atoms with Gasteiger partial charge in [0.25, 0.3) is 0 Å². The second-order valence-electron chi connectivity index (χ2n) is 4.75. The Morgan fingerprint density at radius 3 is 2.95 bits per heavy atom. The maximum Gasteiger partial charge on any atom is 0.112 e. The average Bonchev–Trinajstić information content (AvgIpc) is 2.69. The lowest BCUT2D eigenvalue weighted by Gasteiger charge is -2.30. The molecule has 0 aliphatic carbocycles. The molecule has 0 spiro atoms. The minimum Gasteiger partial charge on any atom is -0.399 e. The Bertz CT molecular complexity index is 587. The zero-order valence-corrected chi connectivity index (χ0v) is 12.8. The zero-order valence-electron chi connectivity index (χ0n) is 11.1. The first kappa shape index (κ1) is 12.8. The first-order chi connectivity index (χ1) is 9.13. The molecule has 1 aromatic carbocycles. The first-order valence-corrected chi connectivity index (χ1v) is 8.14. The summed E-state index contributed by atoms with van der Waals surface area (Å²) in [5.41, 5.74) is 9.15. The third kappa shape index (κ3) is 2.58. The van der Waals surface area contributed by atoms with Crippen molar-refractivity contribution in [1.29, 1.82) is 0 Å². The van der Waals surface area contributed by atoms with Crippen LogP contribution in [-0.4, -0.2) is 17.3 Å². The number of hydrogen-bond acceptors (Lipinski definition) is 5. The van der Waals surface area contributed by atoms with Crippen molar-refractivity contribution in [3.63, 3.8) is 0 Å². The molecule has 3 nitrogen and oxygen atoms in total. The topological polar surface area (TPSA) is 42.2 Å². The summed E-state index contributed by atoms with van der Waals surface area (Å²) in [5, 5.41) is 1.19. The van der Waals surface area contributed by atoms with Crippen LogP contribution in [0, 0.1) is 13.8 Å². The number of aromatic nitrogens is 1. The highest BCUT2D eigenvalue weighted by atomic mass is 32.2. The van der Waals surface area contributed by atoms with Crippen LogP contribution in [0.4, 0.5) is 11.4 Å². The zero-order chi connectivity index (χ0) is 13.4. The monoisotopic (exact) mass is 291 g/mol. The number of rotatable bonds is 2. The van der Waals surface area contributed by atoms with Gasteiger partial charge in [-0.1, -0.05) is 0 Å². The summed E-state index contributed by atoms with van der Waals surface area (Å²) < 4.78 is 0. The lowest BCUT2D eigenvalue weighted by molar-refractivity contribution is 0.809. The molecule has 0 saturated carbocycles. The molecule has 2 N–H and O–H groups in total. The second kappa shape index (κ2) is 5.06. The Labute approximate surface area is 121 Å². The van der Waals surface area contributed by atoms with Crippen molar-refractivity contribution in [2.45, 2.75) is 25.3 Å². The van der Waals surface area contributed by atoms with Gasteiger partial charge < -0.3 is 10.6 Å². The van der Waals surface area contributed by atoms with E-state index in [1.54, 1.807) is 11.3 Å². The summed E-state index contributed by atoms with van der Waals surface area (Å²) in [4.78, 5) is 9.67. The van der Waals surface area contributed by atoms with Crippen LogP contribution in [0.1, 0.15) is 15.6 Å². The number of nitrogens with zero attached hydrogens (tertiary/aromatic N) is 2. The predicted molar refractivity (Wildman–Crippen MR) is 84.2 cm³/mol. The molecule has 5 heteroatoms. The van der Waals surface area contributed by atoms with Crippen LogP contribution >= 0.6 is 23.1 Å². The maximum atomic E-state index is 5.92. The molecule has 0 radical (unpaired) electrons. The molecule has 1 aliphatic rings. The molecule has 3 rings (SSSR count). The molecule has 0 atom stereocenters. The highest BCUT2D eigenvalue weighted by Gasteiger charge is 2.19. The van der Waals surface area contributed by atoms with Gasteiger partial charge in [0.05, 0.1) is 17.9 Å². The molecular formula is C14H17N3S2. The highest BCUT2D eigenvalue weighted by Crippen LogP contribution is 2.37. The van der Waals surface area contributed by atoms with Crippen molar-refractivity contribution in [2.24, 2.45) is 0 Å². The van der Waals surface area contributed by atoms with Crippen LogP contribution in [0.5, 0.6) is 0 Å². The predicted octanol–water partition coefficient (Wildman–Crippen LogP) is 3.45. The third-order valence-electron chi connectivity index (χ3n) is 3.34. The van der Waals surface area contributed by atoms with E-state index in [1.165, 1.54) is 20.5 Å². The smallest absolute Gasteiger partial charge is 0.112 e. The molecule has 19 heavy (non-hydrogen) atoms. The first-order valence-electron chi connectivity index (χ1n) is 6.33. The van der Waals surface area contributed by atoms with Gasteiger partial charge in [0.15, 0.2) is 0 Å². The third-order valence-corrected chi connectivity index (χ3v) is 5.44. The quantitative estimate of drug-likeness (QED) is 0.861. The van der Waals surface area contributed by atoms with Crippen molar-refractivity contribution in [3.8, 4) is 0 Å². The number of aryl methyl sites for hydroxylation is 2. The van der Waals surface area contributed by atoms with Crippen LogP contribution in [-0.2, 0) is 6.54 Å². The van der Waals surface area contributed by atoms with E-state index >= 15 is 0 Å². The summed E-state index contributed by atoms with van der Waals surface area (Å²) in [6, 6.07) is 6.18. The standard InChI is InChI=1S/C14H17N3S2/c1-9-10(2)19-14(16-9)8-17-5-6-18-13-4-3-11(15)7-12(13)17/h3-4,7H,5-6,8,15H2,1-2H3. The van der Waals surface area contributed by atoms with Gasteiger partial charge in [-0.3, -0.25) is 0 Å².